The maximum atomic E-state index is 12.1. The minimum absolute atomic E-state index is 0.0844. The maximum absolute atomic E-state index is 12.1. The Kier molecular flexibility index (Phi) is 3.91. The van der Waals surface area contributed by atoms with Gasteiger partial charge in [0.25, 0.3) is 5.91 Å². The molecule has 0 aromatic heterocycles. The van der Waals surface area contributed by atoms with Gasteiger partial charge in [0.05, 0.1) is 29.2 Å². The van der Waals surface area contributed by atoms with Crippen LogP contribution in [0, 0.1) is 10.8 Å². The highest BCUT2D eigenvalue weighted by molar-refractivity contribution is 8.18. The summed E-state index contributed by atoms with van der Waals surface area (Å²) in [6, 6.07) is 0.0844. The van der Waals surface area contributed by atoms with Crippen molar-refractivity contribution in [3.8, 4) is 0 Å². The molecule has 1 fully saturated rings. The summed E-state index contributed by atoms with van der Waals surface area (Å²) >= 11 is 1.17. The predicted octanol–water partition coefficient (Wildman–Crippen LogP) is 1.86. The molecule has 0 atom stereocenters. The summed E-state index contributed by atoms with van der Waals surface area (Å²) in [5, 5.41) is 18.9. The predicted molar refractivity (Wildman–Crippen MR) is 76.9 cm³/mol. The number of hydrogen-bond acceptors (Lipinski definition) is 5. The molecule has 0 saturated carbocycles. The number of allylic oxidation sites excluding steroid dienone is 2. The fourth-order valence-corrected chi connectivity index (χ4v) is 2.96. The van der Waals surface area contributed by atoms with Crippen LogP contribution in [0.25, 0.3) is 0 Å². The average molecular weight is 279 g/mol. The van der Waals surface area contributed by atoms with Crippen LogP contribution in [0.15, 0.2) is 21.6 Å². The van der Waals surface area contributed by atoms with E-state index in [0.29, 0.717) is 34.4 Å². The number of hydrogen-bond donors (Lipinski definition) is 3. The summed E-state index contributed by atoms with van der Waals surface area (Å²) in [6.07, 6.45) is 0. The van der Waals surface area contributed by atoms with Crippen LogP contribution < -0.4 is 5.32 Å². The Labute approximate surface area is 116 Å². The Morgan fingerprint density at radius 1 is 1.42 bits per heavy atom. The van der Waals surface area contributed by atoms with Gasteiger partial charge in [0.15, 0.2) is 0 Å². The first kappa shape index (κ1) is 14.0. The summed E-state index contributed by atoms with van der Waals surface area (Å²) in [7, 11) is 0. The Morgan fingerprint density at radius 2 is 2.05 bits per heavy atom. The molecule has 0 spiro atoms. The van der Waals surface area contributed by atoms with Gasteiger partial charge in [-0.3, -0.25) is 10.2 Å². The highest BCUT2D eigenvalue weighted by Crippen LogP contribution is 2.39. The average Bonchev–Trinajstić information content (AvgIpc) is 2.58. The van der Waals surface area contributed by atoms with Gasteiger partial charge in [0.1, 0.15) is 0 Å². The van der Waals surface area contributed by atoms with Crippen molar-refractivity contribution in [2.45, 2.75) is 26.8 Å². The van der Waals surface area contributed by atoms with Gasteiger partial charge in [0.2, 0.25) is 0 Å². The quantitative estimate of drug-likeness (QED) is 0.689. The molecule has 0 bridgehead atoms. The number of rotatable bonds is 3. The van der Waals surface area contributed by atoms with Gasteiger partial charge in [-0.2, -0.15) is 0 Å². The zero-order valence-electron chi connectivity index (χ0n) is 11.2. The molecule has 0 aromatic rings. The van der Waals surface area contributed by atoms with E-state index in [4.69, 9.17) is 15.6 Å². The number of thioether (sulfide) groups is 1. The van der Waals surface area contributed by atoms with Crippen molar-refractivity contribution in [2.24, 2.45) is 0 Å². The van der Waals surface area contributed by atoms with Crippen LogP contribution >= 0.6 is 11.8 Å². The van der Waals surface area contributed by atoms with Crippen LogP contribution in [0.2, 0.25) is 0 Å². The monoisotopic (exact) mass is 279 g/mol. The van der Waals surface area contributed by atoms with Crippen molar-refractivity contribution in [1.82, 2.24) is 5.32 Å². The lowest BCUT2D eigenvalue weighted by Gasteiger charge is -2.26. The molecule has 1 amide bonds. The molecule has 2 rings (SSSR count). The number of carbonyl (C=O) groups excluding carboxylic acids is 1. The van der Waals surface area contributed by atoms with E-state index < -0.39 is 0 Å². The Balaban J connectivity index is 2.26. The van der Waals surface area contributed by atoms with Gasteiger partial charge in [-0.15, -0.1) is 0 Å². The molecule has 5 nitrogen and oxygen atoms in total. The third kappa shape index (κ3) is 2.64. The topological polar surface area (TPSA) is 86.0 Å². The van der Waals surface area contributed by atoms with E-state index in [0.717, 1.165) is 11.1 Å². The molecule has 19 heavy (non-hydrogen) atoms. The van der Waals surface area contributed by atoms with Crippen LogP contribution in [-0.4, -0.2) is 35.9 Å². The maximum Gasteiger partial charge on any atom is 0.258 e. The molecule has 0 aliphatic carbocycles. The minimum Gasteiger partial charge on any atom is -0.377 e. The van der Waals surface area contributed by atoms with Crippen molar-refractivity contribution in [2.75, 3.05) is 13.2 Å². The molecule has 3 N–H and O–H groups in total. The SMILES string of the molecule is CC(=N)/C(C)=C1\C(=N)SC(C(=O)NC2COC2)=C1C. The molecule has 0 unspecified atom stereocenters. The Morgan fingerprint density at radius 3 is 2.53 bits per heavy atom. The molecule has 2 heterocycles. The number of carbonyl (C=O) groups is 1. The van der Waals surface area contributed by atoms with Gasteiger partial charge < -0.3 is 15.5 Å². The van der Waals surface area contributed by atoms with Crippen molar-refractivity contribution in [3.05, 3.63) is 21.6 Å². The second-order valence-corrected chi connectivity index (χ2v) is 5.74. The van der Waals surface area contributed by atoms with E-state index in [1.165, 1.54) is 11.8 Å². The van der Waals surface area contributed by atoms with Gasteiger partial charge in [-0.05, 0) is 31.9 Å². The van der Waals surface area contributed by atoms with E-state index in [9.17, 15) is 4.79 Å². The summed E-state index contributed by atoms with van der Waals surface area (Å²) in [6.45, 7) is 6.46. The lowest BCUT2D eigenvalue weighted by molar-refractivity contribution is -0.120. The van der Waals surface area contributed by atoms with Gasteiger partial charge in [-0.25, -0.2) is 0 Å². The minimum atomic E-state index is -0.147. The summed E-state index contributed by atoms with van der Waals surface area (Å²) in [5.41, 5.74) is 2.68. The van der Waals surface area contributed by atoms with Crippen LogP contribution in [0.5, 0.6) is 0 Å². The zero-order valence-corrected chi connectivity index (χ0v) is 12.0. The molecule has 2 aliphatic rings. The smallest absolute Gasteiger partial charge is 0.258 e. The van der Waals surface area contributed by atoms with Crippen molar-refractivity contribution >= 4 is 28.4 Å². The van der Waals surface area contributed by atoms with E-state index in [1.807, 2.05) is 13.8 Å². The largest absolute Gasteiger partial charge is 0.377 e. The van der Waals surface area contributed by atoms with Gasteiger partial charge in [-0.1, -0.05) is 11.8 Å². The molecule has 6 heteroatoms. The molecule has 1 saturated heterocycles. The normalized spacial score (nSPS) is 22.4. The van der Waals surface area contributed by atoms with Crippen LogP contribution in [0.1, 0.15) is 20.8 Å². The highest BCUT2D eigenvalue weighted by Gasteiger charge is 2.31. The second kappa shape index (κ2) is 5.30. The third-order valence-electron chi connectivity index (χ3n) is 3.26. The molecule has 2 aliphatic heterocycles. The first-order valence-electron chi connectivity index (χ1n) is 6.04. The van der Waals surface area contributed by atoms with E-state index in [1.54, 1.807) is 6.92 Å². The highest BCUT2D eigenvalue weighted by atomic mass is 32.2. The second-order valence-electron chi connectivity index (χ2n) is 4.72. The zero-order chi connectivity index (χ0) is 14.2. The van der Waals surface area contributed by atoms with E-state index in [-0.39, 0.29) is 11.9 Å². The van der Waals surface area contributed by atoms with Crippen LogP contribution in [0.3, 0.4) is 0 Å². The number of ether oxygens (including phenoxy) is 1. The fraction of sp³-hybridized carbons (Fsp3) is 0.462. The third-order valence-corrected chi connectivity index (χ3v) is 4.37. The van der Waals surface area contributed by atoms with E-state index in [2.05, 4.69) is 5.32 Å². The standard InChI is InChI=1S/C13H17N3O2S/c1-6(8(3)14)10-7(2)11(19-12(10)15)13(17)16-9-4-18-5-9/h9,14-15H,4-5H2,1-3H3,(H,16,17)/b10-6-,14-8?,15-12?. The Bertz CT molecular complexity index is 530. The fourth-order valence-electron chi connectivity index (χ4n) is 1.94. The summed E-state index contributed by atoms with van der Waals surface area (Å²) in [4.78, 5) is 12.7. The first-order valence-corrected chi connectivity index (χ1v) is 6.86. The Hall–Kier alpha value is -1.40. The number of nitrogens with one attached hydrogen (secondary N) is 3. The van der Waals surface area contributed by atoms with E-state index >= 15 is 0 Å². The van der Waals surface area contributed by atoms with Crippen LogP contribution in [-0.2, 0) is 9.53 Å². The number of amides is 1. The molecular weight excluding hydrogens is 262 g/mol. The van der Waals surface area contributed by atoms with Gasteiger partial charge >= 0.3 is 0 Å². The summed E-state index contributed by atoms with van der Waals surface area (Å²) < 4.78 is 5.02. The molecular formula is C13H17N3O2S. The van der Waals surface area contributed by atoms with Crippen molar-refractivity contribution < 1.29 is 9.53 Å². The lowest BCUT2D eigenvalue weighted by atomic mass is 10.00. The summed E-state index contributed by atoms with van der Waals surface area (Å²) in [5.74, 6) is -0.147. The van der Waals surface area contributed by atoms with Crippen LogP contribution in [0.4, 0.5) is 0 Å². The first-order chi connectivity index (χ1) is 8.91. The molecule has 102 valence electrons. The van der Waals surface area contributed by atoms with Gasteiger partial charge in [0, 0.05) is 11.3 Å². The van der Waals surface area contributed by atoms with Crippen molar-refractivity contribution in [3.63, 3.8) is 0 Å². The van der Waals surface area contributed by atoms with Crippen molar-refractivity contribution in [1.29, 1.82) is 10.8 Å². The molecule has 0 aromatic carbocycles. The molecule has 0 radical (unpaired) electrons. The lowest BCUT2D eigenvalue weighted by Crippen LogP contribution is -2.48.